The average Bonchev–Trinajstić information content (AvgIpc) is 3.47. The van der Waals surface area contributed by atoms with Crippen molar-refractivity contribution in [2.75, 3.05) is 0 Å². The molecular formula is C45H52N2. The van der Waals surface area contributed by atoms with Crippen molar-refractivity contribution < 1.29 is 0 Å². The molecule has 0 radical (unpaired) electrons. The second kappa shape index (κ2) is 11.2. The number of rotatable bonds is 3. The Balaban J connectivity index is 1.81. The van der Waals surface area contributed by atoms with Crippen LogP contribution in [0.4, 0.5) is 0 Å². The number of benzene rings is 4. The molecule has 242 valence electrons. The number of nitrogens with zero attached hydrogens (tertiary/aromatic N) is 1. The molecule has 0 unspecified atom stereocenters. The first-order valence-corrected chi connectivity index (χ1v) is 17.1. The average molecular weight is 621 g/mol. The summed E-state index contributed by atoms with van der Waals surface area (Å²) in [5.74, 6) is 0. The summed E-state index contributed by atoms with van der Waals surface area (Å²) in [7, 11) is 0. The van der Waals surface area contributed by atoms with E-state index in [-0.39, 0.29) is 21.7 Å². The van der Waals surface area contributed by atoms with E-state index < -0.39 is 0 Å². The zero-order valence-corrected chi connectivity index (χ0v) is 30.6. The topological polar surface area (TPSA) is 28.7 Å². The summed E-state index contributed by atoms with van der Waals surface area (Å²) in [5.41, 5.74) is 12.4. The summed E-state index contributed by atoms with van der Waals surface area (Å²) in [6, 6.07) is 32.2. The molecule has 0 aliphatic carbocycles. The number of aromatic nitrogens is 2. The van der Waals surface area contributed by atoms with E-state index in [9.17, 15) is 0 Å². The maximum absolute atomic E-state index is 4.64. The number of pyridine rings is 1. The fraction of sp³-hybridized carbons (Fsp3) is 0.356. The number of fused-ring (bicyclic) bond motifs is 2. The van der Waals surface area contributed by atoms with E-state index in [2.05, 4.69) is 166 Å². The molecule has 0 fully saturated rings. The molecule has 0 saturated heterocycles. The largest absolute Gasteiger partial charge is 0.353 e. The van der Waals surface area contributed by atoms with Gasteiger partial charge in [-0.15, -0.1) is 0 Å². The van der Waals surface area contributed by atoms with E-state index >= 15 is 0 Å². The van der Waals surface area contributed by atoms with Gasteiger partial charge in [0.15, 0.2) is 0 Å². The van der Waals surface area contributed by atoms with Crippen LogP contribution in [0.3, 0.4) is 0 Å². The second-order valence-electron chi connectivity index (χ2n) is 17.6. The molecule has 2 aromatic heterocycles. The minimum absolute atomic E-state index is 0.0102. The Morgan fingerprint density at radius 3 is 1.36 bits per heavy atom. The Morgan fingerprint density at radius 1 is 0.426 bits per heavy atom. The fourth-order valence-electron chi connectivity index (χ4n) is 6.61. The zero-order chi connectivity index (χ0) is 34.1. The van der Waals surface area contributed by atoms with Crippen LogP contribution in [-0.4, -0.2) is 9.97 Å². The monoisotopic (exact) mass is 620 g/mol. The van der Waals surface area contributed by atoms with Crippen molar-refractivity contribution in [2.45, 2.75) is 105 Å². The van der Waals surface area contributed by atoms with Crippen molar-refractivity contribution >= 4 is 21.5 Å². The van der Waals surface area contributed by atoms with E-state index in [1.54, 1.807) is 0 Å². The van der Waals surface area contributed by atoms with Crippen LogP contribution in [0, 0.1) is 0 Å². The SMILES string of the molecule is CC(C)(C)c1cc(-c2c3cc(C(C)(C)C)ccc3c(-c3ccc(-c4ccccn4)[nH]3)c3ccc(C(C)(C)C)cc23)cc(C(C)(C)C)c1. The molecular weight excluding hydrogens is 569 g/mol. The number of hydrogen-bond acceptors (Lipinski definition) is 1. The third-order valence-corrected chi connectivity index (χ3v) is 9.70. The Bertz CT molecular complexity index is 1990. The summed E-state index contributed by atoms with van der Waals surface area (Å²) in [6.45, 7) is 27.9. The minimum atomic E-state index is 0.0102. The first-order chi connectivity index (χ1) is 21.8. The minimum Gasteiger partial charge on any atom is -0.353 e. The van der Waals surface area contributed by atoms with Crippen LogP contribution >= 0.6 is 0 Å². The van der Waals surface area contributed by atoms with Crippen molar-refractivity contribution in [3.63, 3.8) is 0 Å². The first kappa shape index (κ1) is 32.8. The van der Waals surface area contributed by atoms with Crippen LogP contribution in [0.25, 0.3) is 55.3 Å². The lowest BCUT2D eigenvalue weighted by Crippen LogP contribution is -2.16. The van der Waals surface area contributed by atoms with Gasteiger partial charge < -0.3 is 4.98 Å². The van der Waals surface area contributed by atoms with Crippen LogP contribution < -0.4 is 0 Å². The van der Waals surface area contributed by atoms with E-state index in [1.165, 1.54) is 60.5 Å². The number of H-pyrrole nitrogens is 1. The zero-order valence-electron chi connectivity index (χ0n) is 30.6. The highest BCUT2D eigenvalue weighted by Crippen LogP contribution is 2.47. The van der Waals surface area contributed by atoms with Gasteiger partial charge in [-0.2, -0.15) is 0 Å². The van der Waals surface area contributed by atoms with Crippen molar-refractivity contribution in [1.29, 1.82) is 0 Å². The molecule has 4 aromatic carbocycles. The Kier molecular flexibility index (Phi) is 7.82. The molecule has 2 heterocycles. The standard InChI is InChI=1S/C45H52N2/c1-42(2,3)29-16-18-33-35(26-29)40(28-23-31(44(7,8)9)25-32(24-28)45(10,11)12)36-27-30(43(4,5)6)17-19-34(36)41(33)39-21-20-38(47-39)37-15-13-14-22-46-37/h13-27,47H,1-12H3. The molecule has 0 saturated carbocycles. The highest BCUT2D eigenvalue weighted by molar-refractivity contribution is 6.21. The molecule has 6 aromatic rings. The van der Waals surface area contributed by atoms with Crippen LogP contribution in [0.15, 0.2) is 91.1 Å². The van der Waals surface area contributed by atoms with E-state index in [4.69, 9.17) is 0 Å². The molecule has 0 spiro atoms. The van der Waals surface area contributed by atoms with Crippen molar-refractivity contribution in [1.82, 2.24) is 9.97 Å². The molecule has 0 bridgehead atoms. The van der Waals surface area contributed by atoms with E-state index in [1.807, 2.05) is 18.3 Å². The molecule has 0 aliphatic heterocycles. The van der Waals surface area contributed by atoms with Gasteiger partial charge in [0.1, 0.15) is 0 Å². The summed E-state index contributed by atoms with van der Waals surface area (Å²) < 4.78 is 0. The molecule has 0 atom stereocenters. The van der Waals surface area contributed by atoms with Gasteiger partial charge in [-0.25, -0.2) is 0 Å². The highest BCUT2D eigenvalue weighted by atomic mass is 14.8. The van der Waals surface area contributed by atoms with Crippen LogP contribution in [-0.2, 0) is 21.7 Å². The van der Waals surface area contributed by atoms with E-state index in [0.29, 0.717) is 0 Å². The van der Waals surface area contributed by atoms with Gasteiger partial charge in [0.25, 0.3) is 0 Å². The van der Waals surface area contributed by atoms with Gasteiger partial charge in [-0.05, 0) is 113 Å². The molecule has 6 rings (SSSR count). The lowest BCUT2D eigenvalue weighted by atomic mass is 9.76. The summed E-state index contributed by atoms with van der Waals surface area (Å²) in [4.78, 5) is 8.41. The number of aromatic amines is 1. The maximum Gasteiger partial charge on any atom is 0.0864 e. The Morgan fingerprint density at radius 2 is 0.915 bits per heavy atom. The van der Waals surface area contributed by atoms with Crippen molar-refractivity contribution in [3.05, 3.63) is 113 Å². The predicted octanol–water partition coefficient (Wildman–Crippen LogP) is 12.9. The second-order valence-corrected chi connectivity index (χ2v) is 17.6. The molecule has 0 aliphatic rings. The summed E-state index contributed by atoms with van der Waals surface area (Å²) >= 11 is 0. The summed E-state index contributed by atoms with van der Waals surface area (Å²) in [5, 5.41) is 5.12. The van der Waals surface area contributed by atoms with Crippen LogP contribution in [0.2, 0.25) is 0 Å². The first-order valence-electron chi connectivity index (χ1n) is 17.1. The smallest absolute Gasteiger partial charge is 0.0864 e. The van der Waals surface area contributed by atoms with Gasteiger partial charge in [0.2, 0.25) is 0 Å². The molecule has 2 nitrogen and oxygen atoms in total. The van der Waals surface area contributed by atoms with Gasteiger partial charge in [-0.1, -0.05) is 132 Å². The maximum atomic E-state index is 4.64. The fourth-order valence-corrected chi connectivity index (χ4v) is 6.61. The van der Waals surface area contributed by atoms with Crippen LogP contribution in [0.1, 0.15) is 105 Å². The Hall–Kier alpha value is -4.17. The third kappa shape index (κ3) is 6.28. The van der Waals surface area contributed by atoms with Gasteiger partial charge in [0, 0.05) is 17.5 Å². The third-order valence-electron chi connectivity index (χ3n) is 9.70. The number of hydrogen-bond donors (Lipinski definition) is 1. The van der Waals surface area contributed by atoms with Crippen molar-refractivity contribution in [3.8, 4) is 33.8 Å². The lowest BCUT2D eigenvalue weighted by Gasteiger charge is -2.28. The number of nitrogens with one attached hydrogen (secondary N) is 1. The summed E-state index contributed by atoms with van der Waals surface area (Å²) in [6.07, 6.45) is 1.86. The van der Waals surface area contributed by atoms with E-state index in [0.717, 1.165) is 17.1 Å². The lowest BCUT2D eigenvalue weighted by molar-refractivity contribution is 0.569. The van der Waals surface area contributed by atoms with Gasteiger partial charge in [0.05, 0.1) is 11.4 Å². The molecule has 1 N–H and O–H groups in total. The van der Waals surface area contributed by atoms with Crippen molar-refractivity contribution in [2.24, 2.45) is 0 Å². The molecule has 0 amide bonds. The van der Waals surface area contributed by atoms with Gasteiger partial charge >= 0.3 is 0 Å². The van der Waals surface area contributed by atoms with Crippen LogP contribution in [0.5, 0.6) is 0 Å². The highest BCUT2D eigenvalue weighted by Gasteiger charge is 2.26. The Labute approximate surface area is 282 Å². The molecule has 47 heavy (non-hydrogen) atoms. The molecule has 2 heteroatoms. The predicted molar refractivity (Wildman–Crippen MR) is 205 cm³/mol. The quantitative estimate of drug-likeness (QED) is 0.196. The van der Waals surface area contributed by atoms with Gasteiger partial charge in [-0.3, -0.25) is 4.98 Å². The normalized spacial score (nSPS) is 13.1.